The van der Waals surface area contributed by atoms with Gasteiger partial charge in [0, 0.05) is 44.2 Å². The number of hydrogen-bond donors (Lipinski definition) is 1. The van der Waals surface area contributed by atoms with Crippen molar-refractivity contribution >= 4 is 11.8 Å². The van der Waals surface area contributed by atoms with E-state index in [0.717, 1.165) is 31.1 Å². The number of methoxy groups -OCH3 is 1. The molecule has 0 aliphatic carbocycles. The molecule has 5 nitrogen and oxygen atoms in total. The molecule has 2 rings (SSSR count). The van der Waals surface area contributed by atoms with Gasteiger partial charge in [-0.2, -0.15) is 11.8 Å². The van der Waals surface area contributed by atoms with Crippen LogP contribution in [0.3, 0.4) is 0 Å². The Hall–Kier alpha value is -0.590. The van der Waals surface area contributed by atoms with E-state index < -0.39 is 0 Å². The van der Waals surface area contributed by atoms with Crippen LogP contribution in [0, 0.1) is 0 Å². The fourth-order valence-corrected chi connectivity index (χ4v) is 2.73. The molecule has 0 bridgehead atoms. The zero-order chi connectivity index (χ0) is 11.2. The van der Waals surface area contributed by atoms with Gasteiger partial charge in [-0.15, -0.1) is 10.2 Å². The lowest BCUT2D eigenvalue weighted by Crippen LogP contribution is -2.39. The smallest absolute Gasteiger partial charge is 0.134 e. The van der Waals surface area contributed by atoms with Crippen LogP contribution in [-0.2, 0) is 17.7 Å². The fraction of sp³-hybridized carbons (Fsp3) is 0.800. The van der Waals surface area contributed by atoms with Crippen molar-refractivity contribution in [3.8, 4) is 0 Å². The van der Waals surface area contributed by atoms with Crippen molar-refractivity contribution in [1.29, 1.82) is 0 Å². The van der Waals surface area contributed by atoms with Crippen LogP contribution in [0.4, 0.5) is 0 Å². The van der Waals surface area contributed by atoms with Gasteiger partial charge in [0.2, 0.25) is 0 Å². The Labute approximate surface area is 100.0 Å². The standard InChI is InChI=1S/C10H18N4OS/c1-15-4-3-14-8-12-13-10(14)6-9-7-16-5-2-11-9/h8-9,11H,2-7H2,1H3. The molecule has 2 heterocycles. The fourth-order valence-electron chi connectivity index (χ4n) is 1.78. The largest absolute Gasteiger partial charge is 0.383 e. The molecular formula is C10H18N4OS. The average Bonchev–Trinajstić information content (AvgIpc) is 2.75. The van der Waals surface area contributed by atoms with Crippen LogP contribution in [0.25, 0.3) is 0 Å². The van der Waals surface area contributed by atoms with Crippen LogP contribution >= 0.6 is 11.8 Å². The molecule has 1 atom stereocenters. The molecule has 0 amide bonds. The second kappa shape index (κ2) is 6.22. The first kappa shape index (κ1) is 11.9. The highest BCUT2D eigenvalue weighted by atomic mass is 32.2. The number of nitrogens with one attached hydrogen (secondary N) is 1. The second-order valence-electron chi connectivity index (χ2n) is 3.86. The summed E-state index contributed by atoms with van der Waals surface area (Å²) in [7, 11) is 1.71. The maximum absolute atomic E-state index is 5.06. The molecule has 90 valence electrons. The van der Waals surface area contributed by atoms with E-state index in [1.54, 1.807) is 13.4 Å². The zero-order valence-electron chi connectivity index (χ0n) is 9.56. The molecule has 1 aliphatic heterocycles. The maximum atomic E-state index is 5.06. The molecule has 1 fully saturated rings. The average molecular weight is 242 g/mol. The van der Waals surface area contributed by atoms with Gasteiger partial charge < -0.3 is 14.6 Å². The molecular weight excluding hydrogens is 224 g/mol. The molecule has 1 N–H and O–H groups in total. The molecule has 0 saturated carbocycles. The number of thioether (sulfide) groups is 1. The third kappa shape index (κ3) is 3.20. The van der Waals surface area contributed by atoms with E-state index in [4.69, 9.17) is 4.74 Å². The summed E-state index contributed by atoms with van der Waals surface area (Å²) in [4.78, 5) is 0. The first-order chi connectivity index (χ1) is 7.90. The number of ether oxygens (including phenoxy) is 1. The van der Waals surface area contributed by atoms with Crippen LogP contribution in [0.2, 0.25) is 0 Å². The summed E-state index contributed by atoms with van der Waals surface area (Å²) in [6.07, 6.45) is 2.74. The quantitative estimate of drug-likeness (QED) is 0.798. The SMILES string of the molecule is COCCn1cnnc1CC1CSCCN1. The summed E-state index contributed by atoms with van der Waals surface area (Å²) < 4.78 is 7.14. The van der Waals surface area contributed by atoms with Crippen molar-refractivity contribution < 1.29 is 4.74 Å². The summed E-state index contributed by atoms with van der Waals surface area (Å²) in [5.74, 6) is 3.43. The number of nitrogens with zero attached hydrogens (tertiary/aromatic N) is 3. The van der Waals surface area contributed by atoms with Gasteiger partial charge in [0.05, 0.1) is 6.61 Å². The molecule has 0 aromatic carbocycles. The van der Waals surface area contributed by atoms with Crippen molar-refractivity contribution in [2.75, 3.05) is 31.8 Å². The van der Waals surface area contributed by atoms with Crippen LogP contribution in [0.15, 0.2) is 6.33 Å². The van der Waals surface area contributed by atoms with Crippen LogP contribution in [0.5, 0.6) is 0 Å². The lowest BCUT2D eigenvalue weighted by Gasteiger charge is -2.22. The summed E-state index contributed by atoms with van der Waals surface area (Å²) in [6, 6.07) is 0.532. The minimum absolute atomic E-state index is 0.532. The van der Waals surface area contributed by atoms with Crippen LogP contribution in [0.1, 0.15) is 5.82 Å². The Morgan fingerprint density at radius 1 is 1.69 bits per heavy atom. The van der Waals surface area contributed by atoms with Crippen molar-refractivity contribution in [2.24, 2.45) is 0 Å². The number of rotatable bonds is 5. The minimum Gasteiger partial charge on any atom is -0.383 e. The molecule has 1 saturated heterocycles. The van der Waals surface area contributed by atoms with Crippen molar-refractivity contribution in [3.05, 3.63) is 12.2 Å². The van der Waals surface area contributed by atoms with Crippen LogP contribution < -0.4 is 5.32 Å². The van der Waals surface area contributed by atoms with E-state index in [0.29, 0.717) is 12.6 Å². The first-order valence-electron chi connectivity index (χ1n) is 5.57. The van der Waals surface area contributed by atoms with Gasteiger partial charge in [-0.1, -0.05) is 0 Å². The van der Waals surface area contributed by atoms with E-state index in [1.165, 1.54) is 5.75 Å². The first-order valence-corrected chi connectivity index (χ1v) is 6.72. The third-order valence-electron chi connectivity index (χ3n) is 2.66. The van der Waals surface area contributed by atoms with Crippen molar-refractivity contribution in [1.82, 2.24) is 20.1 Å². The van der Waals surface area contributed by atoms with Gasteiger partial charge in [-0.25, -0.2) is 0 Å². The molecule has 1 aliphatic rings. The monoisotopic (exact) mass is 242 g/mol. The van der Waals surface area contributed by atoms with Crippen molar-refractivity contribution in [2.45, 2.75) is 19.0 Å². The Balaban J connectivity index is 1.89. The Morgan fingerprint density at radius 2 is 2.62 bits per heavy atom. The lowest BCUT2D eigenvalue weighted by molar-refractivity contribution is 0.186. The number of hydrogen-bond acceptors (Lipinski definition) is 5. The topological polar surface area (TPSA) is 52.0 Å². The molecule has 0 spiro atoms. The highest BCUT2D eigenvalue weighted by Gasteiger charge is 2.16. The van der Waals surface area contributed by atoms with Gasteiger partial charge in [0.25, 0.3) is 0 Å². The van der Waals surface area contributed by atoms with Gasteiger partial charge >= 0.3 is 0 Å². The predicted octanol–water partition coefficient (Wildman–Crippen LogP) is 0.172. The Morgan fingerprint density at radius 3 is 3.38 bits per heavy atom. The summed E-state index contributed by atoms with van der Waals surface area (Å²) in [5.41, 5.74) is 0. The highest BCUT2D eigenvalue weighted by molar-refractivity contribution is 7.99. The zero-order valence-corrected chi connectivity index (χ0v) is 10.4. The van der Waals surface area contributed by atoms with Gasteiger partial charge in [0.15, 0.2) is 0 Å². The summed E-state index contributed by atoms with van der Waals surface area (Å²) >= 11 is 2.00. The Kier molecular flexibility index (Phi) is 4.62. The van der Waals surface area contributed by atoms with Crippen molar-refractivity contribution in [3.63, 3.8) is 0 Å². The summed E-state index contributed by atoms with van der Waals surface area (Å²) in [5, 5.41) is 11.6. The Bertz CT molecular complexity index is 312. The molecule has 6 heteroatoms. The molecule has 16 heavy (non-hydrogen) atoms. The van der Waals surface area contributed by atoms with Gasteiger partial charge in [0.1, 0.15) is 12.2 Å². The van der Waals surface area contributed by atoms with E-state index in [2.05, 4.69) is 20.1 Å². The second-order valence-corrected chi connectivity index (χ2v) is 5.01. The molecule has 1 aromatic heterocycles. The van der Waals surface area contributed by atoms with Gasteiger partial charge in [-0.3, -0.25) is 0 Å². The number of aromatic nitrogens is 3. The van der Waals surface area contributed by atoms with E-state index in [9.17, 15) is 0 Å². The molecule has 1 aromatic rings. The summed E-state index contributed by atoms with van der Waals surface area (Å²) in [6.45, 7) is 2.64. The van der Waals surface area contributed by atoms with E-state index in [1.807, 2.05) is 11.8 Å². The maximum Gasteiger partial charge on any atom is 0.134 e. The van der Waals surface area contributed by atoms with E-state index in [-0.39, 0.29) is 0 Å². The predicted molar refractivity (Wildman–Crippen MR) is 64.7 cm³/mol. The molecule has 0 radical (unpaired) electrons. The third-order valence-corrected chi connectivity index (χ3v) is 3.79. The minimum atomic E-state index is 0.532. The van der Waals surface area contributed by atoms with E-state index >= 15 is 0 Å². The highest BCUT2D eigenvalue weighted by Crippen LogP contribution is 2.11. The normalized spacial score (nSPS) is 21.2. The van der Waals surface area contributed by atoms with Gasteiger partial charge in [-0.05, 0) is 0 Å². The molecule has 1 unspecified atom stereocenters. The van der Waals surface area contributed by atoms with Crippen LogP contribution in [-0.4, -0.2) is 52.6 Å². The lowest BCUT2D eigenvalue weighted by atomic mass is 10.2.